The largest absolute Gasteiger partial charge is 0.497 e. The minimum atomic E-state index is -0.553. The highest BCUT2D eigenvalue weighted by atomic mass is 16.5. The zero-order chi connectivity index (χ0) is 21.7. The van der Waals surface area contributed by atoms with Crippen molar-refractivity contribution in [3.05, 3.63) is 59.7 Å². The predicted octanol–water partition coefficient (Wildman–Crippen LogP) is 1.00. The third-order valence-corrected chi connectivity index (χ3v) is 5.17. The van der Waals surface area contributed by atoms with Crippen LogP contribution in [0.25, 0.3) is 0 Å². The number of hydrogen-bond donors (Lipinski definition) is 2. The zero-order valence-electron chi connectivity index (χ0n) is 17.1. The SMILES string of the molecule is COc1cccc(NC(=O)CN(C)C(=O)CN2Cc3ccccc3C[C@H]2C(N)=O)c1. The van der Waals surface area contributed by atoms with Gasteiger partial charge in [0.05, 0.1) is 26.2 Å². The number of nitrogens with two attached hydrogens (primary N) is 1. The summed E-state index contributed by atoms with van der Waals surface area (Å²) >= 11 is 0. The van der Waals surface area contributed by atoms with E-state index in [1.807, 2.05) is 24.3 Å². The minimum absolute atomic E-state index is 0.00484. The normalized spacial score (nSPS) is 15.7. The minimum Gasteiger partial charge on any atom is -0.497 e. The van der Waals surface area contributed by atoms with E-state index in [1.165, 1.54) is 4.90 Å². The Labute approximate surface area is 175 Å². The second-order valence-corrected chi connectivity index (χ2v) is 7.33. The number of carbonyl (C=O) groups excluding carboxylic acids is 3. The highest BCUT2D eigenvalue weighted by Crippen LogP contribution is 2.23. The van der Waals surface area contributed by atoms with Gasteiger partial charge < -0.3 is 20.7 Å². The molecule has 0 aliphatic carbocycles. The molecule has 8 nitrogen and oxygen atoms in total. The van der Waals surface area contributed by atoms with Crippen LogP contribution < -0.4 is 15.8 Å². The Bertz CT molecular complexity index is 946. The Morgan fingerprint density at radius 3 is 2.60 bits per heavy atom. The summed E-state index contributed by atoms with van der Waals surface area (Å²) in [6.45, 7) is 0.353. The summed E-state index contributed by atoms with van der Waals surface area (Å²) in [5, 5.41) is 2.75. The molecule has 8 heteroatoms. The topological polar surface area (TPSA) is 105 Å². The van der Waals surface area contributed by atoms with Crippen molar-refractivity contribution in [2.45, 2.75) is 19.0 Å². The van der Waals surface area contributed by atoms with E-state index >= 15 is 0 Å². The molecule has 0 fully saturated rings. The molecular formula is C22H26N4O4. The third kappa shape index (κ3) is 5.15. The number of amides is 3. The van der Waals surface area contributed by atoms with Crippen molar-refractivity contribution < 1.29 is 19.1 Å². The van der Waals surface area contributed by atoms with E-state index in [9.17, 15) is 14.4 Å². The van der Waals surface area contributed by atoms with Crippen LogP contribution in [-0.2, 0) is 27.3 Å². The van der Waals surface area contributed by atoms with Gasteiger partial charge in [-0.05, 0) is 29.7 Å². The Morgan fingerprint density at radius 2 is 1.90 bits per heavy atom. The van der Waals surface area contributed by atoms with E-state index in [2.05, 4.69) is 5.32 Å². The molecule has 0 radical (unpaired) electrons. The molecule has 0 unspecified atom stereocenters. The first-order chi connectivity index (χ1) is 14.4. The number of methoxy groups -OCH3 is 1. The maximum absolute atomic E-state index is 12.7. The molecule has 0 bridgehead atoms. The zero-order valence-corrected chi connectivity index (χ0v) is 17.1. The van der Waals surface area contributed by atoms with Gasteiger partial charge in [0.1, 0.15) is 5.75 Å². The van der Waals surface area contributed by atoms with E-state index in [0.717, 1.165) is 11.1 Å². The molecule has 2 aromatic rings. The van der Waals surface area contributed by atoms with E-state index in [1.54, 1.807) is 43.3 Å². The number of anilines is 1. The van der Waals surface area contributed by atoms with Crippen LogP contribution in [0.4, 0.5) is 5.69 Å². The summed E-state index contributed by atoms with van der Waals surface area (Å²) in [4.78, 5) is 40.1. The van der Waals surface area contributed by atoms with Gasteiger partial charge in [0.25, 0.3) is 0 Å². The van der Waals surface area contributed by atoms with Gasteiger partial charge in [-0.25, -0.2) is 0 Å². The van der Waals surface area contributed by atoms with Crippen LogP contribution in [-0.4, -0.2) is 60.8 Å². The lowest BCUT2D eigenvalue weighted by atomic mass is 9.93. The molecule has 0 saturated carbocycles. The highest BCUT2D eigenvalue weighted by Gasteiger charge is 2.32. The Balaban J connectivity index is 1.60. The molecule has 3 amide bonds. The van der Waals surface area contributed by atoms with Crippen LogP contribution in [0, 0.1) is 0 Å². The van der Waals surface area contributed by atoms with Gasteiger partial charge in [-0.15, -0.1) is 0 Å². The lowest BCUT2D eigenvalue weighted by Crippen LogP contribution is -2.52. The third-order valence-electron chi connectivity index (χ3n) is 5.17. The van der Waals surface area contributed by atoms with Gasteiger partial charge in [0.15, 0.2) is 0 Å². The Kier molecular flexibility index (Phi) is 6.68. The Hall–Kier alpha value is -3.39. The highest BCUT2D eigenvalue weighted by molar-refractivity contribution is 5.95. The number of fused-ring (bicyclic) bond motifs is 1. The van der Waals surface area contributed by atoms with Crippen LogP contribution in [0.15, 0.2) is 48.5 Å². The number of likely N-dealkylation sites (N-methyl/N-ethyl adjacent to an activating group) is 1. The van der Waals surface area contributed by atoms with Gasteiger partial charge >= 0.3 is 0 Å². The second kappa shape index (κ2) is 9.41. The maximum Gasteiger partial charge on any atom is 0.243 e. The average molecular weight is 410 g/mol. The first kappa shape index (κ1) is 21.3. The fourth-order valence-corrected chi connectivity index (χ4v) is 3.52. The smallest absolute Gasteiger partial charge is 0.243 e. The summed E-state index contributed by atoms with van der Waals surface area (Å²) in [6, 6.07) is 14.2. The molecule has 3 N–H and O–H groups in total. The first-order valence-electron chi connectivity index (χ1n) is 9.65. The van der Waals surface area contributed by atoms with E-state index in [-0.39, 0.29) is 24.9 Å². The molecule has 2 aromatic carbocycles. The van der Waals surface area contributed by atoms with E-state index < -0.39 is 11.9 Å². The van der Waals surface area contributed by atoms with Gasteiger partial charge in [-0.2, -0.15) is 0 Å². The maximum atomic E-state index is 12.7. The fourth-order valence-electron chi connectivity index (χ4n) is 3.52. The molecule has 1 heterocycles. The van der Waals surface area contributed by atoms with Gasteiger partial charge in [-0.1, -0.05) is 30.3 Å². The quantitative estimate of drug-likeness (QED) is 0.709. The fraction of sp³-hybridized carbons (Fsp3) is 0.318. The number of nitrogens with zero attached hydrogens (tertiary/aromatic N) is 2. The van der Waals surface area contributed by atoms with Crippen LogP contribution in [0.2, 0.25) is 0 Å². The van der Waals surface area contributed by atoms with Crippen molar-refractivity contribution in [2.24, 2.45) is 5.73 Å². The molecule has 0 saturated heterocycles. The number of rotatable bonds is 7. The summed E-state index contributed by atoms with van der Waals surface area (Å²) in [7, 11) is 3.11. The molecule has 1 aliphatic heterocycles. The number of carbonyl (C=O) groups is 3. The summed E-state index contributed by atoms with van der Waals surface area (Å²) in [5.41, 5.74) is 8.30. The number of nitrogens with one attached hydrogen (secondary N) is 1. The lowest BCUT2D eigenvalue weighted by molar-refractivity contribution is -0.136. The Morgan fingerprint density at radius 1 is 1.17 bits per heavy atom. The van der Waals surface area contributed by atoms with Crippen molar-refractivity contribution >= 4 is 23.4 Å². The second-order valence-electron chi connectivity index (χ2n) is 7.33. The van der Waals surface area contributed by atoms with E-state index in [4.69, 9.17) is 10.5 Å². The standard InChI is InChI=1S/C22H26N4O4/c1-25(13-20(27)24-17-8-5-9-18(11-17)30-2)21(28)14-26-12-16-7-4-3-6-15(16)10-19(26)22(23)29/h3-9,11,19H,10,12-14H2,1-2H3,(H2,23,29)(H,24,27)/t19-/m0/s1. The van der Waals surface area contributed by atoms with Crippen LogP contribution in [0.5, 0.6) is 5.75 Å². The molecule has 3 rings (SSSR count). The van der Waals surface area contributed by atoms with Crippen molar-refractivity contribution in [3.63, 3.8) is 0 Å². The monoisotopic (exact) mass is 410 g/mol. The van der Waals surface area contributed by atoms with Gasteiger partial charge in [0, 0.05) is 25.3 Å². The molecule has 30 heavy (non-hydrogen) atoms. The van der Waals surface area contributed by atoms with Crippen LogP contribution in [0.1, 0.15) is 11.1 Å². The number of ether oxygens (including phenoxy) is 1. The first-order valence-corrected chi connectivity index (χ1v) is 9.65. The molecular weight excluding hydrogens is 384 g/mol. The average Bonchev–Trinajstić information content (AvgIpc) is 2.73. The van der Waals surface area contributed by atoms with E-state index in [0.29, 0.717) is 24.4 Å². The van der Waals surface area contributed by atoms with Gasteiger partial charge in [0.2, 0.25) is 17.7 Å². The van der Waals surface area contributed by atoms with Crippen molar-refractivity contribution in [1.82, 2.24) is 9.80 Å². The van der Waals surface area contributed by atoms with Crippen molar-refractivity contribution in [2.75, 3.05) is 32.6 Å². The van der Waals surface area contributed by atoms with Gasteiger partial charge in [-0.3, -0.25) is 19.3 Å². The molecule has 158 valence electrons. The molecule has 1 aliphatic rings. The molecule has 1 atom stereocenters. The summed E-state index contributed by atoms with van der Waals surface area (Å²) in [5.74, 6) is -0.424. The summed E-state index contributed by atoms with van der Waals surface area (Å²) < 4.78 is 5.14. The molecule has 0 aromatic heterocycles. The summed E-state index contributed by atoms with van der Waals surface area (Å²) in [6.07, 6.45) is 0.471. The predicted molar refractivity (Wildman–Crippen MR) is 113 cm³/mol. The lowest BCUT2D eigenvalue weighted by Gasteiger charge is -2.35. The number of benzene rings is 2. The van der Waals surface area contributed by atoms with Crippen molar-refractivity contribution in [1.29, 1.82) is 0 Å². The van der Waals surface area contributed by atoms with Crippen LogP contribution in [0.3, 0.4) is 0 Å². The number of primary amides is 1. The number of hydrogen-bond acceptors (Lipinski definition) is 5. The molecule has 0 spiro atoms. The van der Waals surface area contributed by atoms with Crippen LogP contribution >= 0.6 is 0 Å². The van der Waals surface area contributed by atoms with Crippen molar-refractivity contribution in [3.8, 4) is 5.75 Å².